The monoisotopic (exact) mass is 589 g/mol. The second-order valence-corrected chi connectivity index (χ2v) is 11.6. The van der Waals surface area contributed by atoms with Crippen LogP contribution < -0.4 is 0 Å². The molecule has 3 unspecified atom stereocenters. The highest BCUT2D eigenvalue weighted by Gasteiger charge is 2.77. The number of rotatable bonds is 10. The molecule has 8 atom stereocenters. The highest BCUT2D eigenvalue weighted by Crippen LogP contribution is 2.60. The van der Waals surface area contributed by atoms with Crippen molar-refractivity contribution in [1.82, 2.24) is 24.8 Å². The molecular formula is C26H32BrN5O6. The fraction of sp³-hybridized carbons (Fsp3) is 0.577. The lowest BCUT2D eigenvalue weighted by Gasteiger charge is -2.40. The van der Waals surface area contributed by atoms with Crippen molar-refractivity contribution in [2.24, 2.45) is 17.8 Å². The van der Waals surface area contributed by atoms with Crippen molar-refractivity contribution >= 4 is 44.7 Å². The predicted molar refractivity (Wildman–Crippen MR) is 140 cm³/mol. The van der Waals surface area contributed by atoms with Crippen molar-refractivity contribution in [2.45, 2.75) is 62.0 Å². The number of alkyl halides is 1. The van der Waals surface area contributed by atoms with Gasteiger partial charge in [0.2, 0.25) is 11.8 Å². The summed E-state index contributed by atoms with van der Waals surface area (Å²) in [5.41, 5.74) is 0.0825. The maximum absolute atomic E-state index is 14.5. The molecule has 3 aliphatic heterocycles. The minimum atomic E-state index is -1.33. The number of carbonyl (C=O) groups excluding carboxylic acids is 2. The fourth-order valence-corrected chi connectivity index (χ4v) is 7.47. The van der Waals surface area contributed by atoms with Crippen molar-refractivity contribution in [3.8, 4) is 0 Å². The minimum absolute atomic E-state index is 0.0430. The zero-order chi connectivity index (χ0) is 27.4. The van der Waals surface area contributed by atoms with Gasteiger partial charge in [-0.2, -0.15) is 0 Å². The Morgan fingerprint density at radius 3 is 2.79 bits per heavy atom. The highest BCUT2D eigenvalue weighted by atomic mass is 79.9. The molecule has 4 heterocycles. The maximum Gasteiger partial charge on any atom is 0.310 e. The topological polar surface area (TPSA) is 138 Å². The summed E-state index contributed by atoms with van der Waals surface area (Å²) >= 11 is 3.56. The number of hydrogen-bond acceptors (Lipinski definition) is 7. The number of ether oxygens (including phenoxy) is 1. The summed E-state index contributed by atoms with van der Waals surface area (Å²) in [6, 6.07) is 5.59. The van der Waals surface area contributed by atoms with Gasteiger partial charge in [-0.15, -0.1) is 11.7 Å². The second-order valence-electron chi connectivity index (χ2n) is 10.5. The molecule has 1 spiro atoms. The van der Waals surface area contributed by atoms with Gasteiger partial charge in [0.05, 0.1) is 36.1 Å². The van der Waals surface area contributed by atoms with E-state index in [0.717, 1.165) is 5.52 Å². The van der Waals surface area contributed by atoms with Gasteiger partial charge in [-0.3, -0.25) is 14.4 Å². The van der Waals surface area contributed by atoms with E-state index in [0.29, 0.717) is 18.4 Å². The molecule has 38 heavy (non-hydrogen) atoms. The van der Waals surface area contributed by atoms with Gasteiger partial charge in [-0.25, -0.2) is 4.68 Å². The first-order valence-corrected chi connectivity index (χ1v) is 13.8. The number of aliphatic hydroxyl groups is 1. The molecule has 2 N–H and O–H groups in total. The van der Waals surface area contributed by atoms with Gasteiger partial charge in [-0.1, -0.05) is 59.6 Å². The lowest BCUT2D eigenvalue weighted by Crippen LogP contribution is -2.60. The van der Waals surface area contributed by atoms with Crippen molar-refractivity contribution in [3.63, 3.8) is 0 Å². The number of amides is 2. The normalized spacial score (nSPS) is 31.4. The average molecular weight is 590 g/mol. The van der Waals surface area contributed by atoms with Crippen LogP contribution in [0.2, 0.25) is 0 Å². The van der Waals surface area contributed by atoms with E-state index in [-0.39, 0.29) is 30.6 Å². The molecule has 3 saturated heterocycles. The summed E-state index contributed by atoms with van der Waals surface area (Å²) in [5, 5.41) is 28.9. The van der Waals surface area contributed by atoms with Gasteiger partial charge in [0, 0.05) is 11.4 Å². The molecule has 0 aliphatic carbocycles. The van der Waals surface area contributed by atoms with Gasteiger partial charge >= 0.3 is 5.97 Å². The molecule has 5 rings (SSSR count). The smallest absolute Gasteiger partial charge is 0.310 e. The third-order valence-electron chi connectivity index (χ3n) is 8.48. The van der Waals surface area contributed by atoms with E-state index in [2.05, 4.69) is 32.8 Å². The van der Waals surface area contributed by atoms with E-state index in [1.54, 1.807) is 10.8 Å². The number of aliphatic hydroxyl groups excluding tert-OH is 1. The van der Waals surface area contributed by atoms with E-state index < -0.39 is 53.4 Å². The molecule has 204 valence electrons. The Bertz CT molecular complexity index is 1270. The Morgan fingerprint density at radius 1 is 1.39 bits per heavy atom. The number of carbonyl (C=O) groups is 3. The molecule has 11 nitrogen and oxygen atoms in total. The number of likely N-dealkylation sites (tertiary alicyclic amines) is 1. The zero-order valence-corrected chi connectivity index (χ0v) is 22.9. The summed E-state index contributed by atoms with van der Waals surface area (Å²) in [6.45, 7) is 7.50. The van der Waals surface area contributed by atoms with Crippen LogP contribution in [0, 0.1) is 17.8 Å². The molecule has 2 bridgehead atoms. The second kappa shape index (κ2) is 10.0. The van der Waals surface area contributed by atoms with Crippen LogP contribution in [0.1, 0.15) is 26.7 Å². The number of nitrogens with zero attached hydrogens (tertiary/aromatic N) is 5. The Labute approximate surface area is 228 Å². The molecule has 3 fully saturated rings. The third kappa shape index (κ3) is 3.87. The summed E-state index contributed by atoms with van der Waals surface area (Å²) in [6.07, 6.45) is 1.81. The van der Waals surface area contributed by atoms with Crippen molar-refractivity contribution in [2.75, 3.05) is 13.2 Å². The Balaban J connectivity index is 1.59. The molecular weight excluding hydrogens is 558 g/mol. The average Bonchev–Trinajstić information content (AvgIpc) is 3.61. The number of para-hydroxylation sites is 1. The van der Waals surface area contributed by atoms with Crippen LogP contribution in [0.3, 0.4) is 0 Å². The summed E-state index contributed by atoms with van der Waals surface area (Å²) in [5.74, 6) is -4.25. The number of hydrogen-bond donors (Lipinski definition) is 2. The molecule has 0 radical (unpaired) electrons. The highest BCUT2D eigenvalue weighted by molar-refractivity contribution is 9.09. The van der Waals surface area contributed by atoms with Crippen LogP contribution in [0.5, 0.6) is 0 Å². The summed E-state index contributed by atoms with van der Waals surface area (Å²) in [7, 11) is 0. The van der Waals surface area contributed by atoms with Gasteiger partial charge in [-0.05, 0) is 24.5 Å². The molecule has 2 amide bonds. The lowest BCUT2D eigenvalue weighted by molar-refractivity contribution is -0.155. The predicted octanol–water partition coefficient (Wildman–Crippen LogP) is 1.64. The minimum Gasteiger partial charge on any atom is -0.481 e. The van der Waals surface area contributed by atoms with Gasteiger partial charge in [0.1, 0.15) is 23.8 Å². The first kappa shape index (κ1) is 26.8. The largest absolute Gasteiger partial charge is 0.481 e. The van der Waals surface area contributed by atoms with Crippen LogP contribution in [0.4, 0.5) is 0 Å². The standard InChI is InChI=1S/C26H32BrN5O6/c1-4-10-30(13-31-17-9-7-6-8-16(17)28-29-31)24(35)22-26-11-15(27)21(38-26)19(25(36)37)20(26)23(34)32(22)18(12-33)14(3)5-2/h4,6-9,14-15,18-22,33H,1,5,10-13H2,2-3H3,(H,36,37)/t14-,15?,18-,19-,20-,21-,22?,26?/m0/s1. The Kier molecular flexibility index (Phi) is 7.08. The number of carboxylic acid groups (broad SMARTS) is 1. The van der Waals surface area contributed by atoms with Crippen molar-refractivity contribution in [1.29, 1.82) is 0 Å². The Hall–Kier alpha value is -2.83. The summed E-state index contributed by atoms with van der Waals surface area (Å²) < 4.78 is 7.97. The van der Waals surface area contributed by atoms with E-state index in [4.69, 9.17) is 4.74 Å². The van der Waals surface area contributed by atoms with E-state index in [1.165, 1.54) is 9.80 Å². The van der Waals surface area contributed by atoms with Crippen LogP contribution in [0.15, 0.2) is 36.9 Å². The number of fused-ring (bicyclic) bond motifs is 2. The fourth-order valence-electron chi connectivity index (χ4n) is 6.53. The van der Waals surface area contributed by atoms with Crippen LogP contribution >= 0.6 is 15.9 Å². The van der Waals surface area contributed by atoms with Crippen LogP contribution in [-0.2, 0) is 25.8 Å². The van der Waals surface area contributed by atoms with Gasteiger partial charge in [0.15, 0.2) is 0 Å². The molecule has 2 aromatic rings. The Morgan fingerprint density at radius 2 is 2.13 bits per heavy atom. The summed E-state index contributed by atoms with van der Waals surface area (Å²) in [4.78, 5) is 43.5. The number of halogens is 1. The van der Waals surface area contributed by atoms with E-state index in [1.807, 2.05) is 38.1 Å². The molecule has 0 saturated carbocycles. The number of aliphatic carboxylic acids is 1. The first-order valence-electron chi connectivity index (χ1n) is 12.9. The number of benzene rings is 1. The number of aromatic nitrogens is 3. The van der Waals surface area contributed by atoms with Crippen molar-refractivity contribution < 1.29 is 29.3 Å². The quantitative estimate of drug-likeness (QED) is 0.315. The van der Waals surface area contributed by atoms with Crippen molar-refractivity contribution in [3.05, 3.63) is 36.9 Å². The first-order chi connectivity index (χ1) is 18.2. The molecule has 1 aromatic carbocycles. The van der Waals surface area contributed by atoms with Crippen LogP contribution in [-0.4, -0.2) is 94.6 Å². The van der Waals surface area contributed by atoms with Crippen LogP contribution in [0.25, 0.3) is 11.0 Å². The molecule has 12 heteroatoms. The number of carboxylic acids is 1. The maximum atomic E-state index is 14.5. The third-order valence-corrected chi connectivity index (χ3v) is 9.32. The SMILES string of the molecule is C=CCN(Cn1nnc2ccccc21)C(=O)C1N([C@@H](CO)[C@@H](C)CC)C(=O)[C@@H]2[C@H](C(=O)O)[C@H]3OC12CC3Br. The molecule has 1 aromatic heterocycles. The van der Waals surface area contributed by atoms with Gasteiger partial charge < -0.3 is 24.7 Å². The lowest BCUT2D eigenvalue weighted by atomic mass is 9.70. The zero-order valence-electron chi connectivity index (χ0n) is 21.3. The van der Waals surface area contributed by atoms with E-state index >= 15 is 0 Å². The van der Waals surface area contributed by atoms with Gasteiger partial charge in [0.25, 0.3) is 0 Å². The van der Waals surface area contributed by atoms with E-state index in [9.17, 15) is 24.6 Å². The molecule has 3 aliphatic rings.